The zero-order valence-electron chi connectivity index (χ0n) is 11.7. The number of nitrogens with zero attached hydrogens (tertiary/aromatic N) is 2. The van der Waals surface area contributed by atoms with E-state index in [1.54, 1.807) is 12.1 Å². The number of benzene rings is 1. The minimum Gasteiger partial charge on any atom is -0.465 e. The molecular formula is C15H20N2O2. The molecular weight excluding hydrogens is 240 g/mol. The van der Waals surface area contributed by atoms with E-state index in [0.717, 1.165) is 24.9 Å². The Balaban J connectivity index is 2.53. The summed E-state index contributed by atoms with van der Waals surface area (Å²) in [6.07, 6.45) is 0.956. The molecule has 1 N–H and O–H groups in total. The molecule has 4 nitrogen and oxygen atoms in total. The van der Waals surface area contributed by atoms with Crippen molar-refractivity contribution in [1.82, 2.24) is 4.90 Å². The summed E-state index contributed by atoms with van der Waals surface area (Å²) in [5, 5.41) is 8.84. The number of hydrogen-bond acceptors (Lipinski definition) is 2. The molecule has 0 bridgehead atoms. The molecule has 0 heterocycles. The highest BCUT2D eigenvalue weighted by molar-refractivity contribution is 5.85. The van der Waals surface area contributed by atoms with Crippen molar-refractivity contribution in [3.63, 3.8) is 0 Å². The average molecular weight is 260 g/mol. The van der Waals surface area contributed by atoms with Crippen LogP contribution in [0.15, 0.2) is 24.3 Å². The molecule has 0 aliphatic rings. The Hall–Kier alpha value is -1.99. The molecule has 0 unspecified atom stereocenters. The van der Waals surface area contributed by atoms with Gasteiger partial charge in [0.25, 0.3) is 0 Å². The van der Waals surface area contributed by atoms with Gasteiger partial charge in [-0.3, -0.25) is 4.90 Å². The summed E-state index contributed by atoms with van der Waals surface area (Å²) in [6, 6.07) is 7.21. The van der Waals surface area contributed by atoms with E-state index in [9.17, 15) is 4.79 Å². The van der Waals surface area contributed by atoms with Crippen LogP contribution in [0.4, 0.5) is 10.5 Å². The average Bonchev–Trinajstić information content (AvgIpc) is 2.37. The molecule has 0 saturated heterocycles. The van der Waals surface area contributed by atoms with Crippen molar-refractivity contribution in [2.75, 3.05) is 32.6 Å². The SMILES string of the molecule is CN(C)CCCC#Cc1ccc(N(C)C(=O)O)cc1. The summed E-state index contributed by atoms with van der Waals surface area (Å²) in [7, 11) is 5.61. The lowest BCUT2D eigenvalue weighted by Gasteiger charge is -2.12. The molecule has 0 atom stereocenters. The lowest BCUT2D eigenvalue weighted by atomic mass is 10.2. The first-order chi connectivity index (χ1) is 9.00. The van der Waals surface area contributed by atoms with E-state index in [0.29, 0.717) is 5.69 Å². The van der Waals surface area contributed by atoms with Crippen LogP contribution in [-0.4, -0.2) is 43.8 Å². The molecule has 0 aromatic heterocycles. The van der Waals surface area contributed by atoms with Crippen LogP contribution < -0.4 is 4.90 Å². The maximum Gasteiger partial charge on any atom is 0.411 e. The first-order valence-electron chi connectivity index (χ1n) is 6.21. The van der Waals surface area contributed by atoms with Crippen LogP contribution in [0.3, 0.4) is 0 Å². The second-order valence-corrected chi connectivity index (χ2v) is 4.60. The van der Waals surface area contributed by atoms with Gasteiger partial charge in [-0.25, -0.2) is 4.79 Å². The fourth-order valence-electron chi connectivity index (χ4n) is 1.53. The summed E-state index contributed by atoms with van der Waals surface area (Å²) < 4.78 is 0. The van der Waals surface area contributed by atoms with E-state index >= 15 is 0 Å². The van der Waals surface area contributed by atoms with Crippen LogP contribution >= 0.6 is 0 Å². The topological polar surface area (TPSA) is 43.8 Å². The van der Waals surface area contributed by atoms with Crippen LogP contribution in [0.5, 0.6) is 0 Å². The summed E-state index contributed by atoms with van der Waals surface area (Å²) >= 11 is 0. The van der Waals surface area contributed by atoms with Crippen molar-refractivity contribution in [2.24, 2.45) is 0 Å². The predicted octanol–water partition coefficient (Wildman–Crippen LogP) is 2.49. The Morgan fingerprint density at radius 3 is 2.37 bits per heavy atom. The van der Waals surface area contributed by atoms with Gasteiger partial charge >= 0.3 is 6.09 Å². The Morgan fingerprint density at radius 1 is 1.21 bits per heavy atom. The fraction of sp³-hybridized carbons (Fsp3) is 0.400. The first-order valence-corrected chi connectivity index (χ1v) is 6.21. The Labute approximate surface area is 114 Å². The van der Waals surface area contributed by atoms with Crippen LogP contribution in [0.25, 0.3) is 0 Å². The van der Waals surface area contributed by atoms with Gasteiger partial charge in [0.15, 0.2) is 0 Å². The van der Waals surface area contributed by atoms with Gasteiger partial charge in [0.1, 0.15) is 0 Å². The Bertz CT molecular complexity index is 469. The van der Waals surface area contributed by atoms with Crippen molar-refractivity contribution in [3.8, 4) is 11.8 Å². The molecule has 0 aliphatic carbocycles. The van der Waals surface area contributed by atoms with Gasteiger partial charge in [0.05, 0.1) is 0 Å². The fourth-order valence-corrected chi connectivity index (χ4v) is 1.53. The quantitative estimate of drug-likeness (QED) is 0.668. The van der Waals surface area contributed by atoms with Crippen molar-refractivity contribution in [1.29, 1.82) is 0 Å². The molecule has 4 heteroatoms. The van der Waals surface area contributed by atoms with Crippen LogP contribution in [-0.2, 0) is 0 Å². The minimum atomic E-state index is -0.970. The monoisotopic (exact) mass is 260 g/mol. The number of carboxylic acid groups (broad SMARTS) is 1. The molecule has 0 radical (unpaired) electrons. The second-order valence-electron chi connectivity index (χ2n) is 4.60. The largest absolute Gasteiger partial charge is 0.465 e. The van der Waals surface area contributed by atoms with Gasteiger partial charge in [-0.15, -0.1) is 0 Å². The summed E-state index contributed by atoms with van der Waals surface area (Å²) in [5.74, 6) is 6.20. The summed E-state index contributed by atoms with van der Waals surface area (Å²) in [4.78, 5) is 14.1. The number of unbranched alkanes of at least 4 members (excludes halogenated alkanes) is 1. The van der Waals surface area contributed by atoms with Crippen molar-refractivity contribution in [2.45, 2.75) is 12.8 Å². The van der Waals surface area contributed by atoms with E-state index in [1.165, 1.54) is 11.9 Å². The third kappa shape index (κ3) is 5.45. The second kappa shape index (κ2) is 7.45. The standard InChI is InChI=1S/C15H20N2O2/c1-16(2)12-6-4-5-7-13-8-10-14(11-9-13)17(3)15(18)19/h8-11H,4,6,12H2,1-3H3,(H,18,19). The summed E-state index contributed by atoms with van der Waals surface area (Å²) in [6.45, 7) is 1.04. The predicted molar refractivity (Wildman–Crippen MR) is 77.5 cm³/mol. The molecule has 1 amide bonds. The van der Waals surface area contributed by atoms with Gasteiger partial charge in [-0.05, 0) is 51.3 Å². The van der Waals surface area contributed by atoms with Gasteiger partial charge in [-0.1, -0.05) is 11.8 Å². The molecule has 0 spiro atoms. The van der Waals surface area contributed by atoms with E-state index in [1.807, 2.05) is 26.2 Å². The molecule has 0 saturated carbocycles. The van der Waals surface area contributed by atoms with Crippen molar-refractivity contribution >= 4 is 11.8 Å². The Kier molecular flexibility index (Phi) is 5.91. The lowest BCUT2D eigenvalue weighted by molar-refractivity contribution is 0.203. The molecule has 1 aromatic carbocycles. The molecule has 1 rings (SSSR count). The third-order valence-corrected chi connectivity index (χ3v) is 2.68. The smallest absolute Gasteiger partial charge is 0.411 e. The zero-order valence-corrected chi connectivity index (χ0v) is 11.7. The highest BCUT2D eigenvalue weighted by atomic mass is 16.4. The summed E-state index contributed by atoms with van der Waals surface area (Å²) in [5.41, 5.74) is 1.55. The minimum absolute atomic E-state index is 0.644. The highest BCUT2D eigenvalue weighted by Crippen LogP contribution is 2.13. The molecule has 102 valence electrons. The van der Waals surface area contributed by atoms with Gasteiger partial charge in [0, 0.05) is 24.7 Å². The van der Waals surface area contributed by atoms with Crippen LogP contribution in [0.1, 0.15) is 18.4 Å². The van der Waals surface area contributed by atoms with Gasteiger partial charge in [0.2, 0.25) is 0 Å². The normalized spacial score (nSPS) is 9.89. The molecule has 19 heavy (non-hydrogen) atoms. The number of hydrogen-bond donors (Lipinski definition) is 1. The van der Waals surface area contributed by atoms with Crippen LogP contribution in [0, 0.1) is 11.8 Å². The number of carbonyl (C=O) groups is 1. The number of amides is 1. The number of rotatable bonds is 4. The van der Waals surface area contributed by atoms with E-state index in [4.69, 9.17) is 5.11 Å². The van der Waals surface area contributed by atoms with E-state index in [2.05, 4.69) is 16.7 Å². The highest BCUT2D eigenvalue weighted by Gasteiger charge is 2.06. The van der Waals surface area contributed by atoms with E-state index < -0.39 is 6.09 Å². The van der Waals surface area contributed by atoms with Crippen molar-refractivity contribution < 1.29 is 9.90 Å². The third-order valence-electron chi connectivity index (χ3n) is 2.68. The maximum atomic E-state index is 10.8. The lowest BCUT2D eigenvalue weighted by Crippen LogP contribution is -2.23. The molecule has 0 fully saturated rings. The van der Waals surface area contributed by atoms with Crippen LogP contribution in [0.2, 0.25) is 0 Å². The van der Waals surface area contributed by atoms with Gasteiger partial charge < -0.3 is 10.0 Å². The zero-order chi connectivity index (χ0) is 14.3. The first kappa shape index (κ1) is 15.1. The Morgan fingerprint density at radius 2 is 1.84 bits per heavy atom. The molecule has 1 aromatic rings. The molecule has 0 aliphatic heterocycles. The van der Waals surface area contributed by atoms with E-state index in [-0.39, 0.29) is 0 Å². The van der Waals surface area contributed by atoms with Crippen molar-refractivity contribution in [3.05, 3.63) is 29.8 Å². The van der Waals surface area contributed by atoms with Gasteiger partial charge in [-0.2, -0.15) is 0 Å². The maximum absolute atomic E-state index is 10.8. The number of anilines is 1.